The molecule has 0 fully saturated rings. The molecular weight excluding hydrogens is 204 g/mol. The van der Waals surface area contributed by atoms with Crippen molar-refractivity contribution in [1.82, 2.24) is 5.32 Å². The summed E-state index contributed by atoms with van der Waals surface area (Å²) in [6.07, 6.45) is 3.66. The van der Waals surface area contributed by atoms with Crippen LogP contribution in [0.25, 0.3) is 0 Å². The zero-order valence-corrected chi connectivity index (χ0v) is 10.4. The van der Waals surface area contributed by atoms with Gasteiger partial charge in [-0.15, -0.1) is 0 Å². The van der Waals surface area contributed by atoms with E-state index in [1.54, 1.807) is 0 Å². The largest absolute Gasteiger partial charge is 0.411 e. The lowest BCUT2D eigenvalue weighted by molar-refractivity contribution is -0.121. The van der Waals surface area contributed by atoms with Gasteiger partial charge in [-0.3, -0.25) is 4.79 Å². The smallest absolute Gasteiger partial charge is 0.217 e. The van der Waals surface area contributed by atoms with Crippen molar-refractivity contribution in [2.75, 3.05) is 0 Å². The van der Waals surface area contributed by atoms with Crippen molar-refractivity contribution in [2.45, 2.75) is 46.1 Å². The Hall–Kier alpha value is -1.32. The lowest BCUT2D eigenvalue weighted by Gasteiger charge is -2.36. The van der Waals surface area contributed by atoms with Gasteiger partial charge in [-0.2, -0.15) is 0 Å². The van der Waals surface area contributed by atoms with E-state index in [4.69, 9.17) is 5.21 Å². The summed E-state index contributed by atoms with van der Waals surface area (Å²) in [7, 11) is 0. The van der Waals surface area contributed by atoms with E-state index in [1.165, 1.54) is 6.92 Å². The minimum absolute atomic E-state index is 0.0289. The number of nitrogens with zero attached hydrogens (tertiary/aromatic N) is 1. The monoisotopic (exact) mass is 224 g/mol. The number of amides is 1. The molecule has 0 aliphatic heterocycles. The van der Waals surface area contributed by atoms with E-state index in [2.05, 4.69) is 16.5 Å². The van der Waals surface area contributed by atoms with Crippen molar-refractivity contribution in [3.05, 3.63) is 11.6 Å². The predicted octanol–water partition coefficient (Wildman–Crippen LogP) is 2.09. The number of allylic oxidation sites excluding steroid dienone is 2. The zero-order valence-electron chi connectivity index (χ0n) is 10.4. The Labute approximate surface area is 96.4 Å². The number of carbonyl (C=O) groups excluding carboxylic acids is 1. The Kier molecular flexibility index (Phi) is 3.73. The molecular formula is C12H20N2O2. The average Bonchev–Trinajstić information content (AvgIpc) is 2.16. The number of rotatable bonds is 2. The van der Waals surface area contributed by atoms with Crippen LogP contribution in [0.4, 0.5) is 0 Å². The van der Waals surface area contributed by atoms with E-state index in [1.807, 2.05) is 20.8 Å². The first kappa shape index (κ1) is 12.7. The summed E-state index contributed by atoms with van der Waals surface area (Å²) in [5.74, 6) is 0.241. The molecule has 0 bridgehead atoms. The van der Waals surface area contributed by atoms with Gasteiger partial charge in [0.05, 0.1) is 5.71 Å². The van der Waals surface area contributed by atoms with Gasteiger partial charge in [-0.25, -0.2) is 0 Å². The maximum Gasteiger partial charge on any atom is 0.217 e. The quantitative estimate of drug-likeness (QED) is 0.557. The molecule has 2 N–H and O–H groups in total. The maximum atomic E-state index is 11.1. The standard InChI is InChI=1S/C12H20N2O2/c1-8-5-6-10(7-11(8)14-16)12(3,4)13-9(2)15/h5,10,16H,6-7H2,1-4H3,(H,13,15)/b14-11+/t10-/m1/s1. The van der Waals surface area contributed by atoms with Crippen LogP contribution in [0, 0.1) is 5.92 Å². The molecule has 90 valence electrons. The highest BCUT2D eigenvalue weighted by Gasteiger charge is 2.32. The molecule has 0 radical (unpaired) electrons. The molecule has 0 aromatic rings. The molecule has 1 amide bonds. The fourth-order valence-electron chi connectivity index (χ4n) is 2.14. The van der Waals surface area contributed by atoms with Crippen molar-refractivity contribution in [3.8, 4) is 0 Å². The van der Waals surface area contributed by atoms with E-state index < -0.39 is 0 Å². The van der Waals surface area contributed by atoms with Crippen LogP contribution in [0.3, 0.4) is 0 Å². The van der Waals surface area contributed by atoms with Crippen LogP contribution >= 0.6 is 0 Å². The van der Waals surface area contributed by atoms with Crippen LogP contribution in [0.1, 0.15) is 40.5 Å². The molecule has 4 heteroatoms. The average molecular weight is 224 g/mol. The van der Waals surface area contributed by atoms with Crippen molar-refractivity contribution >= 4 is 11.6 Å². The lowest BCUT2D eigenvalue weighted by Crippen LogP contribution is -2.49. The lowest BCUT2D eigenvalue weighted by atomic mass is 9.76. The third-order valence-corrected chi connectivity index (χ3v) is 3.24. The molecule has 1 atom stereocenters. The molecule has 0 aromatic carbocycles. The molecule has 0 saturated carbocycles. The number of carbonyl (C=O) groups is 1. The van der Waals surface area contributed by atoms with Gasteiger partial charge in [0.1, 0.15) is 0 Å². The second kappa shape index (κ2) is 4.68. The third-order valence-electron chi connectivity index (χ3n) is 3.24. The second-order valence-electron chi connectivity index (χ2n) is 4.97. The molecule has 1 aliphatic rings. The van der Waals surface area contributed by atoms with E-state index in [9.17, 15) is 4.79 Å². The Morgan fingerprint density at radius 1 is 1.62 bits per heavy atom. The van der Waals surface area contributed by atoms with Crippen molar-refractivity contribution in [1.29, 1.82) is 0 Å². The highest BCUT2D eigenvalue weighted by molar-refractivity contribution is 6.00. The maximum absolute atomic E-state index is 11.1. The Morgan fingerprint density at radius 2 is 2.25 bits per heavy atom. The molecule has 1 rings (SSSR count). The molecule has 0 saturated heterocycles. The zero-order chi connectivity index (χ0) is 12.3. The molecule has 4 nitrogen and oxygen atoms in total. The van der Waals surface area contributed by atoms with Crippen molar-refractivity contribution in [2.24, 2.45) is 11.1 Å². The van der Waals surface area contributed by atoms with Crippen LogP contribution in [-0.2, 0) is 4.79 Å². The van der Waals surface area contributed by atoms with Crippen molar-refractivity contribution in [3.63, 3.8) is 0 Å². The van der Waals surface area contributed by atoms with E-state index in [-0.39, 0.29) is 17.4 Å². The normalized spacial score (nSPS) is 24.1. The molecule has 0 unspecified atom stereocenters. The third kappa shape index (κ3) is 2.84. The summed E-state index contributed by atoms with van der Waals surface area (Å²) in [5, 5.41) is 15.1. The highest BCUT2D eigenvalue weighted by Crippen LogP contribution is 2.30. The van der Waals surface area contributed by atoms with Gasteiger partial charge in [0, 0.05) is 12.5 Å². The summed E-state index contributed by atoms with van der Waals surface area (Å²) in [6, 6.07) is 0. The Bertz CT molecular complexity index is 343. The van der Waals surface area contributed by atoms with Crippen LogP contribution in [0.15, 0.2) is 16.8 Å². The number of hydrogen-bond donors (Lipinski definition) is 2. The summed E-state index contributed by atoms with van der Waals surface area (Å²) >= 11 is 0. The number of oxime groups is 1. The minimum Gasteiger partial charge on any atom is -0.411 e. The fraction of sp³-hybridized carbons (Fsp3) is 0.667. The predicted molar refractivity (Wildman–Crippen MR) is 63.6 cm³/mol. The van der Waals surface area contributed by atoms with Gasteiger partial charge in [-0.05, 0) is 45.1 Å². The Morgan fingerprint density at radius 3 is 2.75 bits per heavy atom. The molecule has 16 heavy (non-hydrogen) atoms. The second-order valence-corrected chi connectivity index (χ2v) is 4.97. The summed E-state index contributed by atoms with van der Waals surface area (Å²) in [5.41, 5.74) is 1.46. The fourth-order valence-corrected chi connectivity index (χ4v) is 2.14. The first-order valence-corrected chi connectivity index (χ1v) is 5.53. The van der Waals surface area contributed by atoms with E-state index in [0.29, 0.717) is 6.42 Å². The Balaban J connectivity index is 2.81. The van der Waals surface area contributed by atoms with E-state index >= 15 is 0 Å². The summed E-state index contributed by atoms with van der Waals surface area (Å²) in [6.45, 7) is 7.47. The van der Waals surface area contributed by atoms with Gasteiger partial charge in [0.2, 0.25) is 5.91 Å². The van der Waals surface area contributed by atoms with Crippen LogP contribution in [0.5, 0.6) is 0 Å². The van der Waals surface area contributed by atoms with Gasteiger partial charge >= 0.3 is 0 Å². The topological polar surface area (TPSA) is 61.7 Å². The summed E-state index contributed by atoms with van der Waals surface area (Å²) in [4.78, 5) is 11.1. The highest BCUT2D eigenvalue weighted by atomic mass is 16.4. The van der Waals surface area contributed by atoms with E-state index in [0.717, 1.165) is 17.7 Å². The molecule has 1 aliphatic carbocycles. The van der Waals surface area contributed by atoms with Gasteiger partial charge in [0.15, 0.2) is 0 Å². The van der Waals surface area contributed by atoms with Crippen molar-refractivity contribution < 1.29 is 10.0 Å². The summed E-state index contributed by atoms with van der Waals surface area (Å²) < 4.78 is 0. The number of nitrogens with one attached hydrogen (secondary N) is 1. The first-order valence-electron chi connectivity index (χ1n) is 5.53. The van der Waals surface area contributed by atoms with Gasteiger partial charge < -0.3 is 10.5 Å². The molecule has 0 heterocycles. The van der Waals surface area contributed by atoms with Gasteiger partial charge in [-0.1, -0.05) is 11.2 Å². The van der Waals surface area contributed by atoms with Crippen LogP contribution in [-0.4, -0.2) is 22.4 Å². The number of hydrogen-bond acceptors (Lipinski definition) is 3. The minimum atomic E-state index is -0.279. The van der Waals surface area contributed by atoms with Crippen LogP contribution in [0.2, 0.25) is 0 Å². The van der Waals surface area contributed by atoms with Crippen LogP contribution < -0.4 is 5.32 Å². The molecule has 0 aromatic heterocycles. The SMILES string of the molecule is CC(=O)NC(C)(C)[C@@H]1CC=C(C)/C(=N/O)C1. The first-order chi connectivity index (χ1) is 7.36. The molecule has 0 spiro atoms. The van der Waals surface area contributed by atoms with Gasteiger partial charge in [0.25, 0.3) is 0 Å².